The van der Waals surface area contributed by atoms with E-state index in [1.165, 1.54) is 26.8 Å². The number of pyridine rings is 3. The van der Waals surface area contributed by atoms with E-state index >= 15 is 0 Å². The summed E-state index contributed by atoms with van der Waals surface area (Å²) in [5.74, 6) is 1.22. The highest BCUT2D eigenvalue weighted by Gasteiger charge is 2.51. The zero-order valence-corrected chi connectivity index (χ0v) is 56.7. The minimum atomic E-state index is -0.459. The number of methoxy groups -OCH3 is 3. The molecule has 9 heterocycles. The molecule has 3 fully saturated rings. The number of halogens is 3. The van der Waals surface area contributed by atoms with Crippen LogP contribution in [0.25, 0.3) is 33.8 Å². The molecule has 0 bridgehead atoms. The highest BCUT2D eigenvalue weighted by molar-refractivity contribution is 6.33. The molecular formula is C71H82Cl3N3O15. The molecule has 6 atom stereocenters. The van der Waals surface area contributed by atoms with E-state index in [4.69, 9.17) is 77.4 Å². The van der Waals surface area contributed by atoms with Gasteiger partial charge < -0.3 is 56.3 Å². The molecule has 0 unspecified atom stereocenters. The first-order chi connectivity index (χ1) is 43.7. The van der Waals surface area contributed by atoms with Gasteiger partial charge in [-0.1, -0.05) is 62.5 Å². The van der Waals surface area contributed by atoms with E-state index in [0.29, 0.717) is 98.4 Å². The van der Waals surface area contributed by atoms with E-state index in [2.05, 4.69) is 32.3 Å². The maximum absolute atomic E-state index is 12.7. The van der Waals surface area contributed by atoms with Gasteiger partial charge in [0.25, 0.3) is 0 Å². The fourth-order valence-electron chi connectivity index (χ4n) is 14.1. The molecule has 0 N–H and O–H groups in total. The van der Waals surface area contributed by atoms with Crippen LogP contribution >= 0.6 is 34.8 Å². The summed E-state index contributed by atoms with van der Waals surface area (Å²) < 4.78 is 57.5. The quantitative estimate of drug-likeness (QED) is 0.0581. The third kappa shape index (κ3) is 13.5. The van der Waals surface area contributed by atoms with E-state index in [0.717, 1.165) is 76.1 Å². The van der Waals surface area contributed by atoms with Gasteiger partial charge in [-0.3, -0.25) is 28.8 Å². The first kappa shape index (κ1) is 68.4. The lowest BCUT2D eigenvalue weighted by molar-refractivity contribution is -0.0856. The molecule has 18 nitrogen and oxygen atoms in total. The number of rotatable bonds is 18. The molecule has 0 aliphatic carbocycles. The summed E-state index contributed by atoms with van der Waals surface area (Å²) >= 11 is 19.7. The van der Waals surface area contributed by atoms with E-state index < -0.39 is 5.60 Å². The van der Waals surface area contributed by atoms with Crippen LogP contribution in [0.3, 0.4) is 0 Å². The van der Waals surface area contributed by atoms with Gasteiger partial charge in [0.05, 0.1) is 112 Å². The molecule has 0 amide bonds. The second-order valence-corrected chi connectivity index (χ2v) is 27.6. The Labute approximate surface area is 551 Å². The van der Waals surface area contributed by atoms with Crippen LogP contribution < -0.4 is 30.5 Å². The van der Waals surface area contributed by atoms with Crippen molar-refractivity contribution in [3.05, 3.63) is 152 Å². The number of benzene rings is 3. The number of carbonyl (C=O) groups excluding carboxylic acids is 3. The van der Waals surface area contributed by atoms with Crippen LogP contribution in [-0.4, -0.2) is 124 Å². The molecule has 21 heteroatoms. The molecule has 3 saturated heterocycles. The van der Waals surface area contributed by atoms with Gasteiger partial charge in [0, 0.05) is 138 Å². The standard InChI is InChI=1S/2C24H28ClNO5.C23H26ClNO5/c1-14(27)17-13-26-19(12-20(17)28)15-10-18(25)21(30-8-5-7-29-4)11-16(15)22-23(26)24(2,3)6-9-31-22;1-14(27)17-11-26-20(10-21(17)28)16-8-19(25)22(31-7-5-6-29-4)9-15(16)18-12-30-13-24(2,3)23(18)26;1-13(26)16-11-25-19(10-20(16)27)15-8-18(24)21(29-7-5-6-28-4)9-14(15)17-12-30-23(2,3)22(17)25/h10-13,22-23H,5-9H2,1-4H3;8-11,18,23H,5-7,12-13H2,1-4H3;8-11,17,22H,5-7,12H2,1-4H3/t22-,23+;18-,23+;17-,22+/m111/s1. The maximum Gasteiger partial charge on any atom is 0.192 e. The predicted molar refractivity (Wildman–Crippen MR) is 354 cm³/mol. The van der Waals surface area contributed by atoms with E-state index in [9.17, 15) is 28.8 Å². The number of ketones is 3. The third-order valence-corrected chi connectivity index (χ3v) is 19.5. The van der Waals surface area contributed by atoms with Gasteiger partial charge in [-0.25, -0.2) is 0 Å². The molecule has 492 valence electrons. The van der Waals surface area contributed by atoms with Gasteiger partial charge in [0.2, 0.25) is 0 Å². The van der Waals surface area contributed by atoms with Crippen LogP contribution in [0.5, 0.6) is 17.2 Å². The highest BCUT2D eigenvalue weighted by Crippen LogP contribution is 2.58. The number of carbonyl (C=O) groups is 3. The second kappa shape index (κ2) is 27.9. The number of aromatic nitrogens is 3. The number of hydrogen-bond donors (Lipinski definition) is 0. The molecule has 92 heavy (non-hydrogen) atoms. The largest absolute Gasteiger partial charge is 0.492 e. The topological polar surface area (TPSA) is 200 Å². The minimum absolute atomic E-state index is 0.0324. The van der Waals surface area contributed by atoms with Gasteiger partial charge in [0.1, 0.15) is 23.4 Å². The molecule has 3 aromatic carbocycles. The normalized spacial score (nSPS) is 21.0. The monoisotopic (exact) mass is 1320 g/mol. The molecule has 6 aromatic rings. The number of hydrogen-bond acceptors (Lipinski definition) is 15. The molecule has 3 aromatic heterocycles. The Morgan fingerprint density at radius 1 is 0.500 bits per heavy atom. The van der Waals surface area contributed by atoms with Crippen LogP contribution in [0, 0.1) is 10.8 Å². The van der Waals surface area contributed by atoms with Gasteiger partial charge >= 0.3 is 0 Å². The van der Waals surface area contributed by atoms with Gasteiger partial charge in [-0.15, -0.1) is 0 Å². The molecule has 6 aliphatic heterocycles. The van der Waals surface area contributed by atoms with Crippen molar-refractivity contribution < 1.29 is 57.0 Å². The Morgan fingerprint density at radius 3 is 1.29 bits per heavy atom. The Kier molecular flexibility index (Phi) is 20.7. The lowest BCUT2D eigenvalue weighted by atomic mass is 9.70. The van der Waals surface area contributed by atoms with Crippen molar-refractivity contribution in [3.8, 4) is 51.0 Å². The van der Waals surface area contributed by atoms with Crippen LogP contribution in [0.4, 0.5) is 0 Å². The molecule has 6 aliphatic rings. The average Bonchev–Trinajstić information content (AvgIpc) is 1.04. The summed E-state index contributed by atoms with van der Waals surface area (Å²) in [5, 5.41) is 1.44. The average molecular weight is 1320 g/mol. The lowest BCUT2D eigenvalue weighted by Crippen LogP contribution is -2.45. The minimum Gasteiger partial charge on any atom is -0.492 e. The van der Waals surface area contributed by atoms with Crippen molar-refractivity contribution in [2.24, 2.45) is 10.8 Å². The van der Waals surface area contributed by atoms with Gasteiger partial charge in [0.15, 0.2) is 33.6 Å². The summed E-state index contributed by atoms with van der Waals surface area (Å²) in [5.41, 5.74) is 6.90. The Balaban J connectivity index is 0.000000151. The fourth-order valence-corrected chi connectivity index (χ4v) is 14.8. The predicted octanol–water partition coefficient (Wildman–Crippen LogP) is 13.5. The summed E-state index contributed by atoms with van der Waals surface area (Å²) in [6.07, 6.45) is 8.02. The van der Waals surface area contributed by atoms with Crippen molar-refractivity contribution in [1.29, 1.82) is 0 Å². The third-order valence-electron chi connectivity index (χ3n) is 18.6. The SMILES string of the molecule is COCCCOc1cc2c(cc1Cl)-c1cc(=O)c(C(C)=O)cn1[C@H]1[C@@H]2COC1(C)C.COCCCOc1cc2c(cc1Cl)-c1cc(=O)c(C(C)=O)cn1[C@H]1[C@@H]2COCC1(C)C.COCCCOc1cc2c(cc1Cl)-c1cc(=O)c(C(C)=O)cn1[C@H]1[C@@H]2OCCC1(C)C. The van der Waals surface area contributed by atoms with Crippen molar-refractivity contribution in [1.82, 2.24) is 13.7 Å². The first-order valence-electron chi connectivity index (χ1n) is 31.2. The van der Waals surface area contributed by atoms with Gasteiger partial charge in [-0.05, 0) is 99.5 Å². The molecule has 0 radical (unpaired) electrons. The molecule has 12 rings (SSSR count). The van der Waals surface area contributed by atoms with Crippen molar-refractivity contribution >= 4 is 52.2 Å². The van der Waals surface area contributed by atoms with Crippen LogP contribution in [0.15, 0.2) is 87.6 Å². The summed E-state index contributed by atoms with van der Waals surface area (Å²) in [6, 6.07) is 16.0. The smallest absolute Gasteiger partial charge is 0.192 e. The van der Waals surface area contributed by atoms with E-state index in [-0.39, 0.29) is 97.2 Å². The van der Waals surface area contributed by atoms with E-state index in [1.807, 2.05) is 59.4 Å². The molecule has 0 saturated carbocycles. The molecule has 0 spiro atoms. The number of ether oxygens (including phenoxy) is 9. The Morgan fingerprint density at radius 2 is 0.880 bits per heavy atom. The summed E-state index contributed by atoms with van der Waals surface area (Å²) in [7, 11) is 4.98. The first-order valence-corrected chi connectivity index (χ1v) is 32.4. The van der Waals surface area contributed by atoms with E-state index in [1.54, 1.807) is 52.1 Å². The Bertz CT molecular complexity index is 3850. The van der Waals surface area contributed by atoms with Crippen LogP contribution in [-0.2, 0) is 28.4 Å². The summed E-state index contributed by atoms with van der Waals surface area (Å²) in [6.45, 7) is 22.7. The fraction of sp³-hybridized carbons (Fsp3) is 0.493. The zero-order chi connectivity index (χ0) is 66.3. The maximum atomic E-state index is 12.7. The molecular weight excluding hydrogens is 1240 g/mol. The zero-order valence-electron chi connectivity index (χ0n) is 54.4. The number of nitrogens with zero attached hydrogens (tertiary/aromatic N) is 3. The second-order valence-electron chi connectivity index (χ2n) is 26.4. The number of fused-ring (bicyclic) bond motifs is 18. The van der Waals surface area contributed by atoms with Crippen molar-refractivity contribution in [2.45, 2.75) is 130 Å². The lowest BCUT2D eigenvalue weighted by Gasteiger charge is -2.49. The highest BCUT2D eigenvalue weighted by atomic mass is 35.5. The van der Waals surface area contributed by atoms with Crippen LogP contribution in [0.2, 0.25) is 15.1 Å². The van der Waals surface area contributed by atoms with Crippen molar-refractivity contribution in [2.75, 3.05) is 87.4 Å². The Hall–Kier alpha value is -6.45. The number of Topliss-reactive ketones (excluding diaryl/α,β-unsaturated/α-hetero) is 3. The van der Waals surface area contributed by atoms with Crippen LogP contribution in [0.1, 0.15) is 172 Å². The summed E-state index contributed by atoms with van der Waals surface area (Å²) in [4.78, 5) is 74.1. The van der Waals surface area contributed by atoms with Gasteiger partial charge in [-0.2, -0.15) is 0 Å². The van der Waals surface area contributed by atoms with Crippen molar-refractivity contribution in [3.63, 3.8) is 0 Å².